The fraction of sp³-hybridized carbons (Fsp3) is 0.385. The summed E-state index contributed by atoms with van der Waals surface area (Å²) in [5, 5.41) is 21.9. The number of benzene rings is 1. The summed E-state index contributed by atoms with van der Waals surface area (Å²) in [5.41, 5.74) is 1.27. The predicted molar refractivity (Wildman–Crippen MR) is 159 cm³/mol. The molecule has 0 aliphatic heterocycles. The zero-order valence-electron chi connectivity index (χ0n) is 23.1. The summed E-state index contributed by atoms with van der Waals surface area (Å²) in [7, 11) is 0. The molecule has 2 unspecified atom stereocenters. The lowest BCUT2D eigenvalue weighted by Gasteiger charge is -2.23. The summed E-state index contributed by atoms with van der Waals surface area (Å²) < 4.78 is 30.2. The lowest BCUT2D eigenvalue weighted by Crippen LogP contribution is -2.40. The van der Waals surface area contributed by atoms with E-state index < -0.39 is 29.2 Å². The molecule has 17 heteroatoms. The number of hydrogen-bond acceptors (Lipinski definition) is 9. The van der Waals surface area contributed by atoms with E-state index in [1.165, 1.54) is 6.20 Å². The third-order valence-electron chi connectivity index (χ3n) is 6.29. The topological polar surface area (TPSA) is 201 Å². The number of carbonyl (C=O) groups excluding carboxylic acids is 1. The van der Waals surface area contributed by atoms with Gasteiger partial charge in [0.25, 0.3) is 17.7 Å². The molecule has 0 aliphatic rings. The highest BCUT2D eigenvalue weighted by atomic mass is 32.2. The average molecular weight is 636 g/mol. The van der Waals surface area contributed by atoms with Crippen LogP contribution in [0.1, 0.15) is 36.5 Å². The van der Waals surface area contributed by atoms with Gasteiger partial charge in [0.2, 0.25) is 0 Å². The third-order valence-corrected chi connectivity index (χ3v) is 6.97. The Hall–Kier alpha value is -4.19. The first-order valence-corrected chi connectivity index (χ1v) is 14.6. The third kappa shape index (κ3) is 11.5. The second-order valence-corrected chi connectivity index (χ2v) is 10.7. The molecule has 232 valence electrons. The zero-order valence-corrected chi connectivity index (χ0v) is 24.7. The number of aromatic nitrogens is 4. The zero-order chi connectivity index (χ0) is 31.2. The molecule has 0 spiro atoms. The Labute approximate surface area is 255 Å². The average Bonchev–Trinajstić information content (AvgIpc) is 3.58. The molecule has 3 rings (SSSR count). The van der Waals surface area contributed by atoms with Crippen LogP contribution >= 0.6 is 12.2 Å². The smallest absolute Gasteiger partial charge is 0.326 e. The largest absolute Gasteiger partial charge is 0.480 e. The van der Waals surface area contributed by atoms with E-state index in [2.05, 4.69) is 20.0 Å². The minimum atomic E-state index is -2.18. The highest BCUT2D eigenvalue weighted by molar-refractivity contribution is 7.80. The number of imidazole rings is 2. The SMILES string of the molecule is O=COCn1ccnc1CN(CCCCC(NC(=S)Cc1ccc(NS(=O)O)cc1)C(=O)O)Cc1nccn1CC(=O)O. The van der Waals surface area contributed by atoms with E-state index in [4.69, 9.17) is 21.5 Å². The molecular weight excluding hydrogens is 602 g/mol. The van der Waals surface area contributed by atoms with Crippen LogP contribution in [0, 0.1) is 0 Å². The van der Waals surface area contributed by atoms with Crippen molar-refractivity contribution in [1.29, 1.82) is 0 Å². The number of ether oxygens (including phenoxy) is 1. The Kier molecular flexibility index (Phi) is 13.2. The Morgan fingerprint density at radius 1 is 1.07 bits per heavy atom. The molecule has 0 fully saturated rings. The number of anilines is 1. The van der Waals surface area contributed by atoms with Crippen LogP contribution in [-0.2, 0) is 63.2 Å². The van der Waals surface area contributed by atoms with Gasteiger partial charge < -0.3 is 24.8 Å². The molecule has 0 aliphatic carbocycles. The van der Waals surface area contributed by atoms with Crippen molar-refractivity contribution in [2.45, 2.75) is 58.1 Å². The molecule has 1 aromatic carbocycles. The van der Waals surface area contributed by atoms with Gasteiger partial charge in [0.15, 0.2) is 6.73 Å². The first-order chi connectivity index (χ1) is 20.6. The van der Waals surface area contributed by atoms with Gasteiger partial charge in [-0.15, -0.1) is 0 Å². The standard InChI is InChI=1S/C26H33N7O8S2/c34-18-41-17-33-12-9-28-23(33)15-31(14-22-27-8-11-32(22)16-25(35)36)10-2-1-3-21(26(37)38)29-24(42)13-19-4-6-20(7-5-19)30-43(39)40/h4-9,11-12,18,21,30H,1-3,10,13-17H2,(H,29,42)(H,35,36)(H,37,38)(H,39,40). The number of carbonyl (C=O) groups is 3. The normalized spacial score (nSPS) is 12.4. The monoisotopic (exact) mass is 635 g/mol. The fourth-order valence-corrected chi connectivity index (χ4v) is 4.93. The molecule has 0 radical (unpaired) electrons. The van der Waals surface area contributed by atoms with E-state index in [-0.39, 0.29) is 13.3 Å². The molecule has 0 saturated heterocycles. The minimum absolute atomic E-state index is 0.00318. The number of thiocarbonyl (C=S) groups is 1. The van der Waals surface area contributed by atoms with Crippen molar-refractivity contribution in [2.75, 3.05) is 11.3 Å². The maximum absolute atomic E-state index is 11.9. The minimum Gasteiger partial charge on any atom is -0.480 e. The number of rotatable bonds is 20. The van der Waals surface area contributed by atoms with Gasteiger partial charge in [0.05, 0.1) is 18.1 Å². The highest BCUT2D eigenvalue weighted by Gasteiger charge is 2.19. The van der Waals surface area contributed by atoms with Crippen molar-refractivity contribution in [3.8, 4) is 0 Å². The maximum atomic E-state index is 11.9. The Bertz CT molecular complexity index is 1400. The summed E-state index contributed by atoms with van der Waals surface area (Å²) in [5.74, 6) is -0.849. The molecule has 2 atom stereocenters. The number of hydrogen-bond donors (Lipinski definition) is 5. The number of nitrogens with one attached hydrogen (secondary N) is 2. The van der Waals surface area contributed by atoms with Crippen LogP contribution in [0.25, 0.3) is 0 Å². The van der Waals surface area contributed by atoms with Crippen molar-refractivity contribution in [2.24, 2.45) is 0 Å². The van der Waals surface area contributed by atoms with Crippen LogP contribution in [0.4, 0.5) is 5.69 Å². The number of nitrogens with zero attached hydrogens (tertiary/aromatic N) is 5. The van der Waals surface area contributed by atoms with Crippen molar-refractivity contribution < 1.29 is 38.1 Å². The summed E-state index contributed by atoms with van der Waals surface area (Å²) in [4.78, 5) is 44.9. The van der Waals surface area contributed by atoms with Gasteiger partial charge in [-0.25, -0.2) is 19.0 Å². The van der Waals surface area contributed by atoms with Crippen molar-refractivity contribution in [1.82, 2.24) is 29.3 Å². The fourth-order valence-electron chi connectivity index (χ4n) is 4.28. The molecule has 5 N–H and O–H groups in total. The van der Waals surface area contributed by atoms with Crippen molar-refractivity contribution in [3.05, 3.63) is 66.3 Å². The van der Waals surface area contributed by atoms with Crippen LogP contribution in [0.15, 0.2) is 49.1 Å². The lowest BCUT2D eigenvalue weighted by atomic mass is 10.1. The van der Waals surface area contributed by atoms with Crippen molar-refractivity contribution >= 4 is 52.6 Å². The van der Waals surface area contributed by atoms with Gasteiger partial charge in [-0.1, -0.05) is 24.4 Å². The van der Waals surface area contributed by atoms with Crippen LogP contribution in [0.3, 0.4) is 0 Å². The highest BCUT2D eigenvalue weighted by Crippen LogP contribution is 2.14. The summed E-state index contributed by atoms with van der Waals surface area (Å²) in [6, 6.07) is 5.81. The predicted octanol–water partition coefficient (Wildman–Crippen LogP) is 1.63. The van der Waals surface area contributed by atoms with E-state index in [1.54, 1.807) is 52.0 Å². The van der Waals surface area contributed by atoms with Crippen LogP contribution in [0.2, 0.25) is 0 Å². The van der Waals surface area contributed by atoms with Gasteiger partial charge in [-0.05, 0) is 43.5 Å². The first-order valence-electron chi connectivity index (χ1n) is 13.1. The van der Waals surface area contributed by atoms with Gasteiger partial charge in [0.1, 0.15) is 24.2 Å². The number of carboxylic acid groups (broad SMARTS) is 2. The Morgan fingerprint density at radius 2 is 1.72 bits per heavy atom. The van der Waals surface area contributed by atoms with Crippen molar-refractivity contribution in [3.63, 3.8) is 0 Å². The van der Waals surface area contributed by atoms with E-state index >= 15 is 0 Å². The number of carboxylic acids is 2. The second kappa shape index (κ2) is 17.1. The second-order valence-electron chi connectivity index (χ2n) is 9.46. The van der Waals surface area contributed by atoms with Gasteiger partial charge >= 0.3 is 11.9 Å². The summed E-state index contributed by atoms with van der Waals surface area (Å²) >= 11 is 3.21. The number of aliphatic carboxylic acids is 2. The summed E-state index contributed by atoms with van der Waals surface area (Å²) in [6.45, 7) is 1.30. The van der Waals surface area contributed by atoms with Gasteiger partial charge in [-0.2, -0.15) is 0 Å². The lowest BCUT2D eigenvalue weighted by molar-refractivity contribution is -0.139. The van der Waals surface area contributed by atoms with E-state index in [1.807, 2.05) is 4.90 Å². The van der Waals surface area contributed by atoms with E-state index in [0.717, 1.165) is 5.56 Å². The van der Waals surface area contributed by atoms with E-state index in [0.29, 0.717) is 74.1 Å². The quantitative estimate of drug-likeness (QED) is 0.0520. The Morgan fingerprint density at radius 3 is 2.33 bits per heavy atom. The van der Waals surface area contributed by atoms with E-state index in [9.17, 15) is 28.8 Å². The summed E-state index contributed by atoms with van der Waals surface area (Å²) in [6.07, 6.45) is 8.17. The Balaban J connectivity index is 1.57. The molecular formula is C26H33N7O8S2. The molecule has 15 nitrogen and oxygen atoms in total. The van der Waals surface area contributed by atoms with Crippen LogP contribution in [0.5, 0.6) is 0 Å². The maximum Gasteiger partial charge on any atom is 0.326 e. The molecule has 2 aromatic heterocycles. The van der Waals surface area contributed by atoms with Gasteiger partial charge in [-0.3, -0.25) is 28.3 Å². The molecule has 0 saturated carbocycles. The molecule has 0 amide bonds. The van der Waals surface area contributed by atoms with Crippen LogP contribution < -0.4 is 10.0 Å². The van der Waals surface area contributed by atoms with Crippen LogP contribution in [-0.4, -0.2) is 79.0 Å². The molecule has 2 heterocycles. The molecule has 0 bridgehead atoms. The molecule has 43 heavy (non-hydrogen) atoms. The van der Waals surface area contributed by atoms with Gasteiger partial charge in [0, 0.05) is 36.9 Å². The number of unbranched alkanes of at least 4 members (excludes halogenated alkanes) is 1. The first kappa shape index (κ1) is 33.3. The molecule has 3 aromatic rings.